The third-order valence-corrected chi connectivity index (χ3v) is 5.48. The number of ether oxygens (including phenoxy) is 1. The van der Waals surface area contributed by atoms with Crippen molar-refractivity contribution >= 4 is 12.0 Å². The molecular weight excluding hydrogens is 300 g/mol. The van der Waals surface area contributed by atoms with Crippen LogP contribution in [0.4, 0.5) is 5.69 Å². The number of hydrogen-bond donors (Lipinski definition) is 2. The first-order chi connectivity index (χ1) is 11.7. The average Bonchev–Trinajstić information content (AvgIpc) is 2.61. The van der Waals surface area contributed by atoms with Crippen LogP contribution >= 0.6 is 0 Å². The van der Waals surface area contributed by atoms with Crippen molar-refractivity contribution in [2.24, 2.45) is 5.92 Å². The van der Waals surface area contributed by atoms with E-state index in [4.69, 9.17) is 4.74 Å². The minimum atomic E-state index is 0.325. The molecule has 24 heavy (non-hydrogen) atoms. The minimum Gasteiger partial charge on any atom is -0.493 e. The second-order valence-electron chi connectivity index (χ2n) is 7.18. The van der Waals surface area contributed by atoms with Crippen molar-refractivity contribution in [3.05, 3.63) is 23.3 Å². The van der Waals surface area contributed by atoms with Gasteiger partial charge in [0.25, 0.3) is 0 Å². The van der Waals surface area contributed by atoms with Gasteiger partial charge in [0.2, 0.25) is 0 Å². The number of anilines is 1. The molecule has 132 valence electrons. The Balaban J connectivity index is 1.95. The van der Waals surface area contributed by atoms with Gasteiger partial charge in [0.15, 0.2) is 0 Å². The van der Waals surface area contributed by atoms with Gasteiger partial charge in [0.05, 0.1) is 6.61 Å². The van der Waals surface area contributed by atoms with Gasteiger partial charge in [0.1, 0.15) is 12.0 Å². The van der Waals surface area contributed by atoms with Gasteiger partial charge in [-0.2, -0.15) is 0 Å². The second-order valence-corrected chi connectivity index (χ2v) is 7.18. The van der Waals surface area contributed by atoms with Crippen molar-refractivity contribution in [1.29, 1.82) is 0 Å². The number of rotatable bonds is 6. The molecule has 2 heterocycles. The van der Waals surface area contributed by atoms with Gasteiger partial charge in [-0.05, 0) is 69.2 Å². The van der Waals surface area contributed by atoms with Crippen molar-refractivity contribution in [2.75, 3.05) is 25.0 Å². The van der Waals surface area contributed by atoms with Crippen molar-refractivity contribution < 1.29 is 9.53 Å². The van der Waals surface area contributed by atoms with E-state index in [9.17, 15) is 4.79 Å². The van der Waals surface area contributed by atoms with Crippen LogP contribution in [0, 0.1) is 5.92 Å². The predicted molar refractivity (Wildman–Crippen MR) is 98.0 cm³/mol. The molecule has 2 aliphatic heterocycles. The maximum atomic E-state index is 11.0. The summed E-state index contributed by atoms with van der Waals surface area (Å²) in [5.74, 6) is 2.02. The van der Waals surface area contributed by atoms with Gasteiger partial charge in [-0.3, -0.25) is 0 Å². The van der Waals surface area contributed by atoms with Crippen LogP contribution in [-0.4, -0.2) is 32.0 Å². The van der Waals surface area contributed by atoms with Crippen LogP contribution in [0.5, 0.6) is 5.75 Å². The molecule has 1 saturated heterocycles. The normalized spacial score (nSPS) is 24.1. The summed E-state index contributed by atoms with van der Waals surface area (Å²) in [6, 6.07) is 4.81. The zero-order valence-corrected chi connectivity index (χ0v) is 14.9. The van der Waals surface area contributed by atoms with E-state index in [1.165, 1.54) is 29.7 Å². The van der Waals surface area contributed by atoms with E-state index in [1.54, 1.807) is 0 Å². The molecule has 0 spiro atoms. The lowest BCUT2D eigenvalue weighted by atomic mass is 9.82. The smallest absolute Gasteiger partial charge is 0.128 e. The van der Waals surface area contributed by atoms with Gasteiger partial charge < -0.3 is 20.2 Å². The Labute approximate surface area is 145 Å². The van der Waals surface area contributed by atoms with E-state index < -0.39 is 0 Å². The molecule has 2 N–H and O–H groups in total. The van der Waals surface area contributed by atoms with E-state index in [1.807, 2.05) is 0 Å². The molecule has 2 aliphatic rings. The minimum absolute atomic E-state index is 0.325. The lowest BCUT2D eigenvalue weighted by molar-refractivity contribution is -0.108. The van der Waals surface area contributed by atoms with Crippen LogP contribution in [0.3, 0.4) is 0 Å². The number of aldehydes is 1. The molecule has 0 aromatic heterocycles. The van der Waals surface area contributed by atoms with Crippen LogP contribution in [0.2, 0.25) is 0 Å². The number of carbonyl (C=O) groups excluding carboxylic acids is 1. The summed E-state index contributed by atoms with van der Waals surface area (Å²) < 4.78 is 6.25. The Bertz CT molecular complexity index is 567. The highest BCUT2D eigenvalue weighted by Gasteiger charge is 2.30. The first-order valence-corrected chi connectivity index (χ1v) is 9.44. The molecule has 1 aromatic rings. The highest BCUT2D eigenvalue weighted by atomic mass is 16.5. The lowest BCUT2D eigenvalue weighted by Gasteiger charge is -2.34. The first kappa shape index (κ1) is 17.3. The van der Waals surface area contributed by atoms with Gasteiger partial charge >= 0.3 is 0 Å². The van der Waals surface area contributed by atoms with E-state index in [0.717, 1.165) is 44.6 Å². The highest BCUT2D eigenvalue weighted by Crippen LogP contribution is 2.42. The maximum Gasteiger partial charge on any atom is 0.128 e. The molecule has 0 radical (unpaired) electrons. The Hall–Kier alpha value is -1.55. The number of piperidine rings is 1. The molecular formula is C20H30N2O2. The molecule has 1 unspecified atom stereocenters. The van der Waals surface area contributed by atoms with Crippen molar-refractivity contribution in [3.63, 3.8) is 0 Å². The third-order valence-electron chi connectivity index (χ3n) is 5.48. The fraction of sp³-hybridized carbons (Fsp3) is 0.650. The second kappa shape index (κ2) is 8.02. The quantitative estimate of drug-likeness (QED) is 0.784. The van der Waals surface area contributed by atoms with Crippen LogP contribution in [0.25, 0.3) is 0 Å². The van der Waals surface area contributed by atoms with Crippen LogP contribution in [0.15, 0.2) is 12.1 Å². The monoisotopic (exact) mass is 330 g/mol. The predicted octanol–water partition coefficient (Wildman–Crippen LogP) is 3.50. The van der Waals surface area contributed by atoms with Gasteiger partial charge in [0, 0.05) is 23.7 Å². The molecule has 1 fully saturated rings. The summed E-state index contributed by atoms with van der Waals surface area (Å²) in [4.78, 5) is 11.0. The fourth-order valence-electron chi connectivity index (χ4n) is 4.03. The Morgan fingerprint density at radius 2 is 2.08 bits per heavy atom. The number of nitrogens with one attached hydrogen (secondary N) is 2. The van der Waals surface area contributed by atoms with Crippen molar-refractivity contribution in [1.82, 2.24) is 5.32 Å². The lowest BCUT2D eigenvalue weighted by Crippen LogP contribution is -2.33. The van der Waals surface area contributed by atoms with Crippen molar-refractivity contribution in [2.45, 2.75) is 57.9 Å². The third kappa shape index (κ3) is 3.59. The zero-order valence-electron chi connectivity index (χ0n) is 14.9. The largest absolute Gasteiger partial charge is 0.493 e. The molecule has 0 bridgehead atoms. The molecule has 4 nitrogen and oxygen atoms in total. The van der Waals surface area contributed by atoms with Gasteiger partial charge in [-0.15, -0.1) is 0 Å². The number of carbonyl (C=O) groups is 1. The Kier molecular flexibility index (Phi) is 5.77. The molecule has 1 aromatic carbocycles. The van der Waals surface area contributed by atoms with E-state index in [0.29, 0.717) is 24.3 Å². The summed E-state index contributed by atoms with van der Waals surface area (Å²) in [5.41, 5.74) is 3.84. The Morgan fingerprint density at radius 3 is 2.79 bits per heavy atom. The van der Waals surface area contributed by atoms with Gasteiger partial charge in [-0.1, -0.05) is 13.0 Å². The number of benzene rings is 1. The topological polar surface area (TPSA) is 50.4 Å². The number of hydrogen-bond acceptors (Lipinski definition) is 4. The maximum absolute atomic E-state index is 11.0. The van der Waals surface area contributed by atoms with Crippen LogP contribution < -0.4 is 15.4 Å². The molecule has 0 amide bonds. The molecule has 3 rings (SSSR count). The summed E-state index contributed by atoms with van der Waals surface area (Å²) in [6.07, 6.45) is 5.94. The Morgan fingerprint density at radius 1 is 1.29 bits per heavy atom. The van der Waals surface area contributed by atoms with Crippen LogP contribution in [-0.2, 0) is 11.2 Å². The van der Waals surface area contributed by atoms with Crippen LogP contribution in [0.1, 0.15) is 56.6 Å². The first-order valence-electron chi connectivity index (χ1n) is 9.44. The summed E-state index contributed by atoms with van der Waals surface area (Å²) in [6.45, 7) is 7.23. The zero-order chi connectivity index (χ0) is 16.9. The summed E-state index contributed by atoms with van der Waals surface area (Å²) in [5, 5.41) is 7.04. The standard InChI is InChI=1S/C20H30N2O2/c1-3-12-24-20-17(15-6-9-21-10-7-15)4-5-19-18(20)13-16(8-11-23)14(2)22-19/h4-5,11,14-16,21-22H,3,6-10,12-13H2,1-2H3/t14-,16?/m0/s1. The van der Waals surface area contributed by atoms with E-state index in [-0.39, 0.29) is 0 Å². The molecule has 0 aliphatic carbocycles. The summed E-state index contributed by atoms with van der Waals surface area (Å²) >= 11 is 0. The molecule has 4 heteroatoms. The summed E-state index contributed by atoms with van der Waals surface area (Å²) in [7, 11) is 0. The molecule has 2 atom stereocenters. The highest BCUT2D eigenvalue weighted by molar-refractivity contribution is 5.64. The van der Waals surface area contributed by atoms with Gasteiger partial charge in [-0.25, -0.2) is 0 Å². The van der Waals surface area contributed by atoms with Crippen molar-refractivity contribution in [3.8, 4) is 5.75 Å². The number of fused-ring (bicyclic) bond motifs is 1. The average molecular weight is 330 g/mol. The SMILES string of the molecule is CCCOc1c(C2CCNCC2)ccc2c1CC(CC=O)[C@H](C)N2. The van der Waals surface area contributed by atoms with E-state index in [2.05, 4.69) is 36.6 Å². The van der Waals surface area contributed by atoms with E-state index >= 15 is 0 Å². The fourth-order valence-corrected chi connectivity index (χ4v) is 4.03. The molecule has 0 saturated carbocycles.